The van der Waals surface area contributed by atoms with Crippen molar-refractivity contribution in [3.63, 3.8) is 0 Å². The quantitative estimate of drug-likeness (QED) is 0.793. The molecule has 0 radical (unpaired) electrons. The summed E-state index contributed by atoms with van der Waals surface area (Å²) in [6.07, 6.45) is 1.88. The van der Waals surface area contributed by atoms with Crippen molar-refractivity contribution < 1.29 is 4.74 Å². The summed E-state index contributed by atoms with van der Waals surface area (Å²) in [5.41, 5.74) is 2.10. The van der Waals surface area contributed by atoms with Crippen molar-refractivity contribution in [2.24, 2.45) is 0 Å². The molecule has 0 aliphatic rings. The van der Waals surface area contributed by atoms with Gasteiger partial charge in [0.1, 0.15) is 5.82 Å². The van der Waals surface area contributed by atoms with E-state index in [-0.39, 0.29) is 0 Å². The fourth-order valence-electron chi connectivity index (χ4n) is 2.10. The highest BCUT2D eigenvalue weighted by molar-refractivity contribution is 6.33. The minimum atomic E-state index is 0.659. The first-order chi connectivity index (χ1) is 10.1. The normalized spacial score (nSPS) is 11.0. The molecule has 2 aromatic rings. The predicted octanol–water partition coefficient (Wildman–Crippen LogP) is 3.28. The standard InChI is InChI=1S/C15H19Cl2N3O/c1-11-19-9-14(8-18-5-6-21-2)20(11)10-12-7-13(16)3-4-15(12)17/h3-4,7,9,18H,5-6,8,10H2,1-2H3. The van der Waals surface area contributed by atoms with Crippen molar-refractivity contribution in [2.75, 3.05) is 20.3 Å². The molecule has 0 fully saturated rings. The summed E-state index contributed by atoms with van der Waals surface area (Å²) in [5.74, 6) is 0.953. The number of rotatable bonds is 7. The number of nitrogens with one attached hydrogen (secondary N) is 1. The van der Waals surface area contributed by atoms with E-state index < -0.39 is 0 Å². The van der Waals surface area contributed by atoms with Crippen LogP contribution in [0.2, 0.25) is 10.0 Å². The highest BCUT2D eigenvalue weighted by Gasteiger charge is 2.09. The summed E-state index contributed by atoms with van der Waals surface area (Å²) in [5, 5.41) is 4.72. The van der Waals surface area contributed by atoms with Gasteiger partial charge in [-0.25, -0.2) is 4.98 Å². The fraction of sp³-hybridized carbons (Fsp3) is 0.400. The second kappa shape index (κ2) is 7.80. The van der Waals surface area contributed by atoms with Gasteiger partial charge in [0.2, 0.25) is 0 Å². The number of ether oxygens (including phenoxy) is 1. The molecule has 1 aromatic heterocycles. The molecule has 0 atom stereocenters. The fourth-order valence-corrected chi connectivity index (χ4v) is 2.47. The Balaban J connectivity index is 2.12. The van der Waals surface area contributed by atoms with Crippen molar-refractivity contribution >= 4 is 23.2 Å². The number of halogens is 2. The van der Waals surface area contributed by atoms with Gasteiger partial charge >= 0.3 is 0 Å². The molecule has 21 heavy (non-hydrogen) atoms. The van der Waals surface area contributed by atoms with Crippen LogP contribution in [0.3, 0.4) is 0 Å². The molecular formula is C15H19Cl2N3O. The third kappa shape index (κ3) is 4.45. The maximum Gasteiger partial charge on any atom is 0.106 e. The molecule has 0 aliphatic carbocycles. The Morgan fingerprint density at radius 1 is 1.33 bits per heavy atom. The maximum atomic E-state index is 6.24. The lowest BCUT2D eigenvalue weighted by atomic mass is 10.2. The maximum absolute atomic E-state index is 6.24. The van der Waals surface area contributed by atoms with Crippen LogP contribution in [-0.2, 0) is 17.8 Å². The van der Waals surface area contributed by atoms with Gasteiger partial charge in [-0.15, -0.1) is 0 Å². The van der Waals surface area contributed by atoms with Gasteiger partial charge in [-0.3, -0.25) is 0 Å². The molecular weight excluding hydrogens is 309 g/mol. The first kappa shape index (κ1) is 16.3. The van der Waals surface area contributed by atoms with E-state index in [4.69, 9.17) is 27.9 Å². The van der Waals surface area contributed by atoms with Crippen molar-refractivity contribution in [3.8, 4) is 0 Å². The molecule has 0 saturated heterocycles. The van der Waals surface area contributed by atoms with E-state index in [2.05, 4.69) is 14.9 Å². The molecule has 0 bridgehead atoms. The van der Waals surface area contributed by atoms with Crippen LogP contribution in [0.4, 0.5) is 0 Å². The predicted molar refractivity (Wildman–Crippen MR) is 86.1 cm³/mol. The number of hydrogen-bond donors (Lipinski definition) is 1. The van der Waals surface area contributed by atoms with Gasteiger partial charge in [-0.1, -0.05) is 23.2 Å². The van der Waals surface area contributed by atoms with Crippen LogP contribution in [0.1, 0.15) is 17.1 Å². The molecule has 4 nitrogen and oxygen atoms in total. The number of hydrogen-bond acceptors (Lipinski definition) is 3. The minimum Gasteiger partial charge on any atom is -0.383 e. The smallest absolute Gasteiger partial charge is 0.106 e. The zero-order valence-corrected chi connectivity index (χ0v) is 13.7. The molecule has 1 heterocycles. The van der Waals surface area contributed by atoms with Crippen molar-refractivity contribution in [1.29, 1.82) is 0 Å². The van der Waals surface area contributed by atoms with Crippen LogP contribution in [0.15, 0.2) is 24.4 Å². The van der Waals surface area contributed by atoms with Crippen LogP contribution >= 0.6 is 23.2 Å². The lowest BCUT2D eigenvalue weighted by Gasteiger charge is -2.12. The van der Waals surface area contributed by atoms with E-state index in [0.717, 1.165) is 30.2 Å². The molecule has 0 aliphatic heterocycles. The molecule has 0 spiro atoms. The second-order valence-corrected chi connectivity index (χ2v) is 5.63. The van der Waals surface area contributed by atoms with E-state index in [9.17, 15) is 0 Å². The summed E-state index contributed by atoms with van der Waals surface area (Å²) >= 11 is 12.3. The average Bonchev–Trinajstić information content (AvgIpc) is 2.80. The highest BCUT2D eigenvalue weighted by atomic mass is 35.5. The van der Waals surface area contributed by atoms with E-state index in [1.165, 1.54) is 0 Å². The monoisotopic (exact) mass is 327 g/mol. The Hall–Kier alpha value is -1.07. The van der Waals surface area contributed by atoms with Crippen LogP contribution in [0.25, 0.3) is 0 Å². The molecule has 0 unspecified atom stereocenters. The van der Waals surface area contributed by atoms with Gasteiger partial charge in [0.25, 0.3) is 0 Å². The lowest BCUT2D eigenvalue weighted by molar-refractivity contribution is 0.199. The topological polar surface area (TPSA) is 39.1 Å². The van der Waals surface area contributed by atoms with Crippen LogP contribution in [0.5, 0.6) is 0 Å². The average molecular weight is 328 g/mol. The van der Waals surface area contributed by atoms with Gasteiger partial charge < -0.3 is 14.6 Å². The molecule has 6 heteroatoms. The zero-order chi connectivity index (χ0) is 15.2. The number of methoxy groups -OCH3 is 1. The molecule has 114 valence electrons. The zero-order valence-electron chi connectivity index (χ0n) is 12.2. The van der Waals surface area contributed by atoms with Crippen LogP contribution in [-0.4, -0.2) is 29.8 Å². The summed E-state index contributed by atoms with van der Waals surface area (Å²) in [7, 11) is 1.69. The van der Waals surface area contributed by atoms with Gasteiger partial charge in [-0.05, 0) is 30.7 Å². The van der Waals surface area contributed by atoms with Gasteiger partial charge in [0.05, 0.1) is 18.8 Å². The number of aryl methyl sites for hydroxylation is 1. The van der Waals surface area contributed by atoms with Gasteiger partial charge in [0, 0.05) is 36.4 Å². The summed E-state index contributed by atoms with van der Waals surface area (Å²) in [6.45, 7) is 4.87. The third-order valence-electron chi connectivity index (χ3n) is 3.26. The van der Waals surface area contributed by atoms with Gasteiger partial charge in [-0.2, -0.15) is 0 Å². The van der Waals surface area contributed by atoms with Crippen molar-refractivity contribution in [1.82, 2.24) is 14.9 Å². The van der Waals surface area contributed by atoms with E-state index in [0.29, 0.717) is 23.2 Å². The number of nitrogens with zero attached hydrogens (tertiary/aromatic N) is 2. The molecule has 1 aromatic carbocycles. The Kier molecular flexibility index (Phi) is 6.06. The van der Waals surface area contributed by atoms with Crippen LogP contribution in [0, 0.1) is 6.92 Å². The first-order valence-corrected chi connectivity index (χ1v) is 7.52. The second-order valence-electron chi connectivity index (χ2n) is 4.79. The largest absolute Gasteiger partial charge is 0.383 e. The Labute approximate surface area is 135 Å². The molecule has 1 N–H and O–H groups in total. The number of benzene rings is 1. The summed E-state index contributed by atoms with van der Waals surface area (Å²) < 4.78 is 7.16. The Morgan fingerprint density at radius 2 is 2.14 bits per heavy atom. The summed E-state index contributed by atoms with van der Waals surface area (Å²) in [4.78, 5) is 4.38. The first-order valence-electron chi connectivity index (χ1n) is 6.76. The third-order valence-corrected chi connectivity index (χ3v) is 3.87. The molecule has 0 amide bonds. The van der Waals surface area contributed by atoms with Gasteiger partial charge in [0.15, 0.2) is 0 Å². The Bertz CT molecular complexity index is 599. The van der Waals surface area contributed by atoms with E-state index in [1.807, 2.05) is 25.3 Å². The minimum absolute atomic E-state index is 0.659. The SMILES string of the molecule is COCCNCc1cnc(C)n1Cc1cc(Cl)ccc1Cl. The van der Waals surface area contributed by atoms with E-state index in [1.54, 1.807) is 13.2 Å². The number of imidazole rings is 1. The van der Waals surface area contributed by atoms with Crippen molar-refractivity contribution in [2.45, 2.75) is 20.0 Å². The molecule has 2 rings (SSSR count). The number of aromatic nitrogens is 2. The summed E-state index contributed by atoms with van der Waals surface area (Å²) in [6, 6.07) is 5.51. The Morgan fingerprint density at radius 3 is 2.90 bits per heavy atom. The molecule has 0 saturated carbocycles. The van der Waals surface area contributed by atoms with E-state index >= 15 is 0 Å². The van der Waals surface area contributed by atoms with Crippen molar-refractivity contribution in [3.05, 3.63) is 51.5 Å². The lowest BCUT2D eigenvalue weighted by Crippen LogP contribution is -2.21. The highest BCUT2D eigenvalue weighted by Crippen LogP contribution is 2.22. The van der Waals surface area contributed by atoms with Crippen LogP contribution < -0.4 is 5.32 Å².